The molecule has 1 aliphatic heterocycles. The summed E-state index contributed by atoms with van der Waals surface area (Å²) in [5.74, 6) is 0.387. The zero-order chi connectivity index (χ0) is 14.7. The zero-order valence-electron chi connectivity index (χ0n) is 11.7. The number of aryl methyl sites for hydroxylation is 1. The first-order chi connectivity index (χ1) is 9.47. The second kappa shape index (κ2) is 6.00. The van der Waals surface area contributed by atoms with Gasteiger partial charge in [-0.15, -0.1) is 0 Å². The Kier molecular flexibility index (Phi) is 4.34. The van der Waals surface area contributed by atoms with Gasteiger partial charge in [0.15, 0.2) is 0 Å². The Morgan fingerprint density at radius 2 is 2.25 bits per heavy atom. The molecule has 1 heterocycles. The first-order valence-electron chi connectivity index (χ1n) is 6.76. The largest absolute Gasteiger partial charge is 0.324 e. The number of piperidine rings is 1. The maximum Gasteiger partial charge on any atom is 0.271 e. The molecule has 2 atom stereocenters. The minimum Gasteiger partial charge on any atom is -0.324 e. The molecule has 108 valence electrons. The highest BCUT2D eigenvalue weighted by atomic mass is 16.6. The summed E-state index contributed by atoms with van der Waals surface area (Å²) < 4.78 is 0. The number of hydrogen-bond acceptors (Lipinski definition) is 4. The van der Waals surface area contributed by atoms with Crippen molar-refractivity contribution in [1.82, 2.24) is 5.32 Å². The molecule has 1 saturated heterocycles. The minimum absolute atomic E-state index is 0.0177. The number of nitrogens with one attached hydrogen (secondary N) is 2. The highest BCUT2D eigenvalue weighted by molar-refractivity contribution is 5.95. The number of rotatable bonds is 3. The molecule has 2 rings (SSSR count). The van der Waals surface area contributed by atoms with Crippen molar-refractivity contribution in [3.05, 3.63) is 33.9 Å². The lowest BCUT2D eigenvalue weighted by molar-refractivity contribution is -0.384. The van der Waals surface area contributed by atoms with Crippen molar-refractivity contribution in [3.63, 3.8) is 0 Å². The lowest BCUT2D eigenvalue weighted by Crippen LogP contribution is -2.45. The molecule has 6 heteroatoms. The second-order valence-corrected chi connectivity index (χ2v) is 5.38. The summed E-state index contributed by atoms with van der Waals surface area (Å²) in [4.78, 5) is 22.5. The number of non-ortho nitro benzene ring substituents is 1. The molecule has 2 unspecified atom stereocenters. The zero-order valence-corrected chi connectivity index (χ0v) is 11.7. The number of carbonyl (C=O) groups excluding carboxylic acids is 1. The van der Waals surface area contributed by atoms with Crippen molar-refractivity contribution >= 4 is 17.3 Å². The first-order valence-corrected chi connectivity index (χ1v) is 6.76. The number of nitro benzene ring substituents is 1. The Balaban J connectivity index is 2.10. The van der Waals surface area contributed by atoms with Gasteiger partial charge >= 0.3 is 0 Å². The third kappa shape index (κ3) is 3.33. The number of anilines is 1. The van der Waals surface area contributed by atoms with Crippen molar-refractivity contribution in [3.8, 4) is 0 Å². The molecular formula is C14H19N3O3. The van der Waals surface area contributed by atoms with Gasteiger partial charge in [0, 0.05) is 12.1 Å². The van der Waals surface area contributed by atoms with Gasteiger partial charge in [0.1, 0.15) is 0 Å². The van der Waals surface area contributed by atoms with Crippen LogP contribution in [0.5, 0.6) is 0 Å². The maximum absolute atomic E-state index is 12.2. The monoisotopic (exact) mass is 277 g/mol. The predicted octanol–water partition coefficient (Wildman–Crippen LogP) is 2.23. The lowest BCUT2D eigenvalue weighted by atomic mass is 9.94. The first kappa shape index (κ1) is 14.5. The quantitative estimate of drug-likeness (QED) is 0.655. The van der Waals surface area contributed by atoms with Gasteiger partial charge in [-0.05, 0) is 37.8 Å². The second-order valence-electron chi connectivity index (χ2n) is 5.38. The van der Waals surface area contributed by atoms with Crippen molar-refractivity contribution in [2.24, 2.45) is 5.92 Å². The van der Waals surface area contributed by atoms with Crippen LogP contribution in [-0.4, -0.2) is 23.4 Å². The normalized spacial score (nSPS) is 22.3. The molecule has 0 bridgehead atoms. The van der Waals surface area contributed by atoms with Crippen molar-refractivity contribution in [2.75, 3.05) is 11.9 Å². The van der Waals surface area contributed by atoms with E-state index in [1.807, 2.05) is 6.92 Å². The van der Waals surface area contributed by atoms with Crippen molar-refractivity contribution in [2.45, 2.75) is 32.7 Å². The van der Waals surface area contributed by atoms with E-state index in [0.717, 1.165) is 24.9 Å². The highest BCUT2D eigenvalue weighted by Gasteiger charge is 2.25. The number of benzene rings is 1. The van der Waals surface area contributed by atoms with Crippen LogP contribution < -0.4 is 10.6 Å². The van der Waals surface area contributed by atoms with Crippen LogP contribution in [0.3, 0.4) is 0 Å². The number of nitro groups is 1. The topological polar surface area (TPSA) is 84.3 Å². The van der Waals surface area contributed by atoms with Gasteiger partial charge in [0.2, 0.25) is 5.91 Å². The third-order valence-corrected chi connectivity index (χ3v) is 3.67. The average Bonchev–Trinajstić information content (AvgIpc) is 2.41. The van der Waals surface area contributed by atoms with E-state index in [-0.39, 0.29) is 17.6 Å². The van der Waals surface area contributed by atoms with Crippen LogP contribution in [0, 0.1) is 23.0 Å². The third-order valence-electron chi connectivity index (χ3n) is 3.67. The summed E-state index contributed by atoms with van der Waals surface area (Å²) in [6.07, 6.45) is 1.86. The highest BCUT2D eigenvalue weighted by Crippen LogP contribution is 2.23. The molecule has 0 spiro atoms. The average molecular weight is 277 g/mol. The van der Waals surface area contributed by atoms with E-state index in [4.69, 9.17) is 0 Å². The summed E-state index contributed by atoms with van der Waals surface area (Å²) in [5.41, 5.74) is 1.30. The van der Waals surface area contributed by atoms with Crippen LogP contribution in [0.2, 0.25) is 0 Å². The Morgan fingerprint density at radius 1 is 1.50 bits per heavy atom. The molecule has 20 heavy (non-hydrogen) atoms. The Labute approximate surface area is 117 Å². The molecular weight excluding hydrogens is 258 g/mol. The molecule has 0 aliphatic carbocycles. The molecule has 2 N–H and O–H groups in total. The molecule has 0 saturated carbocycles. The summed E-state index contributed by atoms with van der Waals surface area (Å²) >= 11 is 0. The van der Waals surface area contributed by atoms with E-state index in [2.05, 4.69) is 17.6 Å². The van der Waals surface area contributed by atoms with Gasteiger partial charge in [-0.1, -0.05) is 13.0 Å². The lowest BCUT2D eigenvalue weighted by Gasteiger charge is -2.27. The van der Waals surface area contributed by atoms with Crippen molar-refractivity contribution in [1.29, 1.82) is 0 Å². The molecule has 1 amide bonds. The van der Waals surface area contributed by atoms with Gasteiger partial charge < -0.3 is 10.6 Å². The maximum atomic E-state index is 12.2. The molecule has 0 aromatic heterocycles. The van der Waals surface area contributed by atoms with Gasteiger partial charge in [0.25, 0.3) is 5.69 Å². The summed E-state index contributed by atoms with van der Waals surface area (Å²) in [5, 5.41) is 16.7. The van der Waals surface area contributed by atoms with Crippen LogP contribution in [0.25, 0.3) is 0 Å². The van der Waals surface area contributed by atoms with Crippen LogP contribution in [0.15, 0.2) is 18.2 Å². The SMILES string of the molecule is Cc1ccc([N+](=O)[O-])cc1NC(=O)C1CC(C)CCN1. The molecule has 0 radical (unpaired) electrons. The van der Waals surface area contributed by atoms with Gasteiger partial charge in [-0.2, -0.15) is 0 Å². The Bertz CT molecular complexity index is 530. The van der Waals surface area contributed by atoms with Crippen LogP contribution in [-0.2, 0) is 4.79 Å². The van der Waals surface area contributed by atoms with E-state index in [0.29, 0.717) is 11.6 Å². The van der Waals surface area contributed by atoms with Crippen LogP contribution >= 0.6 is 0 Å². The van der Waals surface area contributed by atoms with Gasteiger partial charge in [-0.3, -0.25) is 14.9 Å². The number of hydrogen-bond donors (Lipinski definition) is 2. The van der Waals surface area contributed by atoms with Gasteiger partial charge in [-0.25, -0.2) is 0 Å². The van der Waals surface area contributed by atoms with Crippen LogP contribution in [0.4, 0.5) is 11.4 Å². The fourth-order valence-electron chi connectivity index (χ4n) is 2.39. The summed E-state index contributed by atoms with van der Waals surface area (Å²) in [6, 6.07) is 4.26. The van der Waals surface area contributed by atoms with E-state index < -0.39 is 4.92 Å². The molecule has 1 aliphatic rings. The smallest absolute Gasteiger partial charge is 0.271 e. The van der Waals surface area contributed by atoms with E-state index in [9.17, 15) is 14.9 Å². The summed E-state index contributed by atoms with van der Waals surface area (Å²) in [7, 11) is 0. The molecule has 1 aromatic carbocycles. The predicted molar refractivity (Wildman–Crippen MR) is 76.7 cm³/mol. The Hall–Kier alpha value is -1.95. The standard InChI is InChI=1S/C14H19N3O3/c1-9-5-6-15-13(7-9)14(18)16-12-8-11(17(19)20)4-3-10(12)2/h3-4,8-9,13,15H,5-7H2,1-2H3,(H,16,18). The van der Waals surface area contributed by atoms with Gasteiger partial charge in [0.05, 0.1) is 16.7 Å². The van der Waals surface area contributed by atoms with Crippen molar-refractivity contribution < 1.29 is 9.72 Å². The summed E-state index contributed by atoms with van der Waals surface area (Å²) in [6.45, 7) is 4.77. The van der Waals surface area contributed by atoms with E-state index in [1.54, 1.807) is 6.07 Å². The molecule has 6 nitrogen and oxygen atoms in total. The molecule has 1 aromatic rings. The number of carbonyl (C=O) groups is 1. The number of amides is 1. The van der Waals surface area contributed by atoms with Crippen LogP contribution in [0.1, 0.15) is 25.3 Å². The number of nitrogens with zero attached hydrogens (tertiary/aromatic N) is 1. The Morgan fingerprint density at radius 3 is 2.90 bits per heavy atom. The fraction of sp³-hybridized carbons (Fsp3) is 0.500. The van der Waals surface area contributed by atoms with E-state index in [1.165, 1.54) is 12.1 Å². The fourth-order valence-corrected chi connectivity index (χ4v) is 2.39. The van der Waals surface area contributed by atoms with E-state index >= 15 is 0 Å². The minimum atomic E-state index is -0.462. The molecule has 1 fully saturated rings.